The van der Waals surface area contributed by atoms with Gasteiger partial charge in [-0.1, -0.05) is 0 Å². The van der Waals surface area contributed by atoms with Gasteiger partial charge in [0.1, 0.15) is 23.4 Å². The van der Waals surface area contributed by atoms with Crippen LogP contribution >= 0.6 is 0 Å². The van der Waals surface area contributed by atoms with Crippen LogP contribution in [-0.4, -0.2) is 59.0 Å². The van der Waals surface area contributed by atoms with Crippen LogP contribution in [0.5, 0.6) is 0 Å². The van der Waals surface area contributed by atoms with E-state index in [0.717, 1.165) is 23.4 Å². The molecule has 2 N–H and O–H groups in total. The molecule has 2 aromatic heterocycles. The molecule has 1 amide bonds. The standard InChI is InChI=1S/C16H23N5O3/c1-16(2,3)24-15(22)18-8-11-9-21(6-7-23-11)14-12-4-5-17-13(12)19-10-20-14/h4-5,10-11H,6-9H2,1-3H3,(H,18,22)(H,17,19,20). The third-order valence-corrected chi connectivity index (χ3v) is 3.64. The number of H-pyrrole nitrogens is 1. The van der Waals surface area contributed by atoms with Gasteiger partial charge in [0.2, 0.25) is 0 Å². The summed E-state index contributed by atoms with van der Waals surface area (Å²) in [6.45, 7) is 7.88. The quantitative estimate of drug-likeness (QED) is 0.888. The zero-order valence-corrected chi connectivity index (χ0v) is 14.2. The number of rotatable bonds is 3. The highest BCUT2D eigenvalue weighted by atomic mass is 16.6. The lowest BCUT2D eigenvalue weighted by atomic mass is 10.2. The number of hydrogen-bond donors (Lipinski definition) is 2. The molecule has 2 aromatic rings. The normalized spacial score (nSPS) is 18.6. The topological polar surface area (TPSA) is 92.4 Å². The van der Waals surface area contributed by atoms with E-state index in [2.05, 4.69) is 25.2 Å². The van der Waals surface area contributed by atoms with Crippen molar-refractivity contribution in [1.82, 2.24) is 20.3 Å². The van der Waals surface area contributed by atoms with Gasteiger partial charge >= 0.3 is 6.09 Å². The Balaban J connectivity index is 1.61. The van der Waals surface area contributed by atoms with Gasteiger partial charge in [-0.2, -0.15) is 0 Å². The summed E-state index contributed by atoms with van der Waals surface area (Å²) < 4.78 is 11.0. The van der Waals surface area contributed by atoms with Crippen LogP contribution in [0.1, 0.15) is 20.8 Å². The number of carbonyl (C=O) groups excluding carboxylic acids is 1. The molecule has 0 aromatic carbocycles. The number of hydrogen-bond acceptors (Lipinski definition) is 6. The molecule has 8 heteroatoms. The molecule has 1 unspecified atom stereocenters. The van der Waals surface area contributed by atoms with Gasteiger partial charge in [0.15, 0.2) is 0 Å². The number of carbonyl (C=O) groups is 1. The Labute approximate surface area is 140 Å². The van der Waals surface area contributed by atoms with Crippen LogP contribution in [0.2, 0.25) is 0 Å². The van der Waals surface area contributed by atoms with Gasteiger partial charge in [0.05, 0.1) is 18.1 Å². The summed E-state index contributed by atoms with van der Waals surface area (Å²) in [5, 5.41) is 3.75. The van der Waals surface area contributed by atoms with E-state index < -0.39 is 11.7 Å². The third kappa shape index (κ3) is 3.94. The Morgan fingerprint density at radius 2 is 2.33 bits per heavy atom. The van der Waals surface area contributed by atoms with E-state index in [0.29, 0.717) is 19.7 Å². The molecule has 24 heavy (non-hydrogen) atoms. The number of nitrogens with zero attached hydrogens (tertiary/aromatic N) is 3. The molecule has 0 saturated carbocycles. The van der Waals surface area contributed by atoms with Crippen LogP contribution in [-0.2, 0) is 9.47 Å². The van der Waals surface area contributed by atoms with Crippen LogP contribution in [0.4, 0.5) is 10.6 Å². The average molecular weight is 333 g/mol. The molecule has 3 heterocycles. The number of fused-ring (bicyclic) bond motifs is 1. The van der Waals surface area contributed by atoms with Gasteiger partial charge in [-0.3, -0.25) is 0 Å². The van der Waals surface area contributed by atoms with Crippen molar-refractivity contribution in [2.24, 2.45) is 0 Å². The van der Waals surface area contributed by atoms with Crippen molar-refractivity contribution in [1.29, 1.82) is 0 Å². The minimum absolute atomic E-state index is 0.116. The Hall–Kier alpha value is -2.35. The number of amides is 1. The SMILES string of the molecule is CC(C)(C)OC(=O)NCC1CN(c2ncnc3[nH]ccc23)CCO1. The lowest BCUT2D eigenvalue weighted by Crippen LogP contribution is -2.48. The predicted molar refractivity (Wildman–Crippen MR) is 90.1 cm³/mol. The van der Waals surface area contributed by atoms with Crippen molar-refractivity contribution in [3.05, 3.63) is 18.6 Å². The summed E-state index contributed by atoms with van der Waals surface area (Å²) in [6, 6.07) is 1.97. The first-order valence-corrected chi connectivity index (χ1v) is 8.04. The highest BCUT2D eigenvalue weighted by Crippen LogP contribution is 2.23. The Kier molecular flexibility index (Phi) is 4.57. The molecule has 1 fully saturated rings. The maximum Gasteiger partial charge on any atom is 0.407 e. The molecular formula is C16H23N5O3. The summed E-state index contributed by atoms with van der Waals surface area (Å²) >= 11 is 0. The number of alkyl carbamates (subject to hydrolysis) is 1. The molecule has 3 rings (SSSR count). The fourth-order valence-corrected chi connectivity index (χ4v) is 2.66. The summed E-state index contributed by atoms with van der Waals surface area (Å²) in [5.74, 6) is 0.881. The highest BCUT2D eigenvalue weighted by molar-refractivity contribution is 5.87. The molecule has 8 nitrogen and oxygen atoms in total. The van der Waals surface area contributed by atoms with Gasteiger partial charge in [-0.05, 0) is 26.8 Å². The smallest absolute Gasteiger partial charge is 0.407 e. The van der Waals surface area contributed by atoms with Crippen molar-refractivity contribution in [3.8, 4) is 0 Å². The van der Waals surface area contributed by atoms with Crippen LogP contribution in [0.15, 0.2) is 18.6 Å². The number of ether oxygens (including phenoxy) is 2. The lowest BCUT2D eigenvalue weighted by Gasteiger charge is -2.34. The van der Waals surface area contributed by atoms with E-state index in [-0.39, 0.29) is 6.10 Å². The molecule has 1 atom stereocenters. The first kappa shape index (κ1) is 16.5. The maximum atomic E-state index is 11.8. The first-order valence-electron chi connectivity index (χ1n) is 8.04. The number of nitrogens with one attached hydrogen (secondary N) is 2. The molecule has 1 saturated heterocycles. The fraction of sp³-hybridized carbons (Fsp3) is 0.562. The van der Waals surface area contributed by atoms with Crippen LogP contribution in [0, 0.1) is 0 Å². The number of aromatic amines is 1. The zero-order valence-electron chi connectivity index (χ0n) is 14.2. The number of morpholine rings is 1. The van der Waals surface area contributed by atoms with Gasteiger partial charge in [-0.15, -0.1) is 0 Å². The van der Waals surface area contributed by atoms with E-state index in [9.17, 15) is 4.79 Å². The van der Waals surface area contributed by atoms with Crippen LogP contribution in [0.25, 0.3) is 11.0 Å². The largest absolute Gasteiger partial charge is 0.444 e. The first-order chi connectivity index (χ1) is 11.4. The molecule has 1 aliphatic heterocycles. The minimum atomic E-state index is -0.510. The van der Waals surface area contributed by atoms with Crippen LogP contribution in [0.3, 0.4) is 0 Å². The second kappa shape index (κ2) is 6.64. The van der Waals surface area contributed by atoms with E-state index >= 15 is 0 Å². The van der Waals surface area contributed by atoms with E-state index in [1.54, 1.807) is 6.33 Å². The monoisotopic (exact) mass is 333 g/mol. The molecule has 0 aliphatic carbocycles. The summed E-state index contributed by atoms with van der Waals surface area (Å²) in [4.78, 5) is 25.6. The maximum absolute atomic E-state index is 11.8. The second-order valence-corrected chi connectivity index (χ2v) is 6.76. The third-order valence-electron chi connectivity index (χ3n) is 3.64. The van der Waals surface area contributed by atoms with E-state index in [1.807, 2.05) is 33.0 Å². The van der Waals surface area contributed by atoms with Crippen molar-refractivity contribution in [3.63, 3.8) is 0 Å². The molecular weight excluding hydrogens is 310 g/mol. The van der Waals surface area contributed by atoms with Crippen molar-refractivity contribution in [2.45, 2.75) is 32.5 Å². The molecule has 130 valence electrons. The Bertz CT molecular complexity index is 709. The van der Waals surface area contributed by atoms with Gasteiger partial charge in [0, 0.05) is 25.8 Å². The van der Waals surface area contributed by atoms with Gasteiger partial charge in [-0.25, -0.2) is 14.8 Å². The average Bonchev–Trinajstić information content (AvgIpc) is 3.00. The lowest BCUT2D eigenvalue weighted by molar-refractivity contribution is 0.0282. The summed E-state index contributed by atoms with van der Waals surface area (Å²) in [7, 11) is 0. The number of anilines is 1. The molecule has 0 spiro atoms. The molecule has 1 aliphatic rings. The Morgan fingerprint density at radius 3 is 3.12 bits per heavy atom. The van der Waals surface area contributed by atoms with E-state index in [1.165, 1.54) is 0 Å². The van der Waals surface area contributed by atoms with Crippen molar-refractivity contribution >= 4 is 22.9 Å². The Morgan fingerprint density at radius 1 is 1.50 bits per heavy atom. The van der Waals surface area contributed by atoms with Gasteiger partial charge < -0.3 is 24.7 Å². The zero-order chi connectivity index (χ0) is 17.2. The van der Waals surface area contributed by atoms with Crippen LogP contribution < -0.4 is 10.2 Å². The minimum Gasteiger partial charge on any atom is -0.444 e. The summed E-state index contributed by atoms with van der Waals surface area (Å²) in [5.41, 5.74) is 0.305. The van der Waals surface area contributed by atoms with Crippen molar-refractivity contribution < 1.29 is 14.3 Å². The second-order valence-electron chi connectivity index (χ2n) is 6.76. The molecule has 0 bridgehead atoms. The van der Waals surface area contributed by atoms with E-state index in [4.69, 9.17) is 9.47 Å². The van der Waals surface area contributed by atoms with Gasteiger partial charge in [0.25, 0.3) is 0 Å². The fourth-order valence-electron chi connectivity index (χ4n) is 2.66. The predicted octanol–water partition coefficient (Wildman–Crippen LogP) is 1.69. The van der Waals surface area contributed by atoms with Crippen molar-refractivity contribution in [2.75, 3.05) is 31.1 Å². The summed E-state index contributed by atoms with van der Waals surface area (Å²) in [6.07, 6.45) is 2.86. The molecule has 0 radical (unpaired) electrons. The highest BCUT2D eigenvalue weighted by Gasteiger charge is 2.24. The number of aromatic nitrogens is 3.